The largest absolute Gasteiger partial charge is 0.497 e. The molecule has 27 heavy (non-hydrogen) atoms. The lowest BCUT2D eigenvalue weighted by atomic mass is 9.91. The lowest BCUT2D eigenvalue weighted by Gasteiger charge is -2.39. The second-order valence-electron chi connectivity index (χ2n) is 8.23. The Bertz CT molecular complexity index is 620. The summed E-state index contributed by atoms with van der Waals surface area (Å²) in [6, 6.07) is 8.08. The van der Waals surface area contributed by atoms with Crippen molar-refractivity contribution in [3.8, 4) is 5.75 Å². The van der Waals surface area contributed by atoms with E-state index in [9.17, 15) is 0 Å². The van der Waals surface area contributed by atoms with E-state index in [4.69, 9.17) is 18.9 Å². The molecule has 0 unspecified atom stereocenters. The highest BCUT2D eigenvalue weighted by Gasteiger charge is 2.44. The molecule has 0 N–H and O–H groups in total. The van der Waals surface area contributed by atoms with Gasteiger partial charge in [0.1, 0.15) is 5.75 Å². The summed E-state index contributed by atoms with van der Waals surface area (Å²) in [5.41, 5.74) is 2.14. The summed E-state index contributed by atoms with van der Waals surface area (Å²) < 4.78 is 24.4. The van der Waals surface area contributed by atoms with Crippen LogP contribution in [0.25, 0.3) is 0 Å². The van der Waals surface area contributed by atoms with Crippen molar-refractivity contribution in [3.63, 3.8) is 0 Å². The van der Waals surface area contributed by atoms with E-state index < -0.39 is 0 Å². The molecule has 0 bridgehead atoms. The van der Waals surface area contributed by atoms with Crippen LogP contribution in [-0.2, 0) is 20.8 Å². The molecule has 4 nitrogen and oxygen atoms in total. The standard InChI is InChI=1S/C23H34O4/c1-17(2)13-14-23(3)22(12-11-20-21(27-23)6-5-15-25-20)26-16-18-7-9-19(24-4)10-8-18/h7-10,13,20-22H,5-6,11-12,14-16H2,1-4H3/t20-,21+,22-,23-/m1/s1. The molecular formula is C23H34O4. The van der Waals surface area contributed by atoms with Crippen LogP contribution < -0.4 is 4.74 Å². The molecule has 1 aromatic rings. The fraction of sp³-hybridized carbons (Fsp3) is 0.652. The van der Waals surface area contributed by atoms with Crippen LogP contribution in [0.1, 0.15) is 58.4 Å². The first-order valence-electron chi connectivity index (χ1n) is 10.2. The fourth-order valence-corrected chi connectivity index (χ4v) is 4.02. The molecule has 2 aliphatic rings. The molecule has 2 fully saturated rings. The van der Waals surface area contributed by atoms with Crippen molar-refractivity contribution in [1.82, 2.24) is 0 Å². The third kappa shape index (κ3) is 5.34. The number of methoxy groups -OCH3 is 1. The molecule has 0 aliphatic carbocycles. The van der Waals surface area contributed by atoms with Gasteiger partial charge in [-0.2, -0.15) is 0 Å². The monoisotopic (exact) mass is 374 g/mol. The summed E-state index contributed by atoms with van der Waals surface area (Å²) >= 11 is 0. The van der Waals surface area contributed by atoms with Gasteiger partial charge in [0.15, 0.2) is 0 Å². The average molecular weight is 375 g/mol. The molecule has 2 saturated heterocycles. The van der Waals surface area contributed by atoms with Gasteiger partial charge in [-0.05, 0) is 70.6 Å². The van der Waals surface area contributed by atoms with Gasteiger partial charge in [-0.3, -0.25) is 0 Å². The highest BCUT2D eigenvalue weighted by atomic mass is 16.6. The van der Waals surface area contributed by atoms with E-state index in [0.717, 1.165) is 50.0 Å². The molecule has 4 atom stereocenters. The summed E-state index contributed by atoms with van der Waals surface area (Å²) in [6.07, 6.45) is 7.71. The zero-order chi connectivity index (χ0) is 19.3. The average Bonchev–Trinajstić information content (AvgIpc) is 2.81. The van der Waals surface area contributed by atoms with Crippen molar-refractivity contribution in [2.75, 3.05) is 13.7 Å². The molecule has 150 valence electrons. The van der Waals surface area contributed by atoms with Gasteiger partial charge in [-0.1, -0.05) is 23.8 Å². The van der Waals surface area contributed by atoms with Crippen LogP contribution in [0.15, 0.2) is 35.9 Å². The molecule has 0 aromatic heterocycles. The van der Waals surface area contributed by atoms with Gasteiger partial charge in [-0.15, -0.1) is 0 Å². The summed E-state index contributed by atoms with van der Waals surface area (Å²) in [7, 11) is 1.69. The van der Waals surface area contributed by atoms with Gasteiger partial charge in [0.05, 0.1) is 37.6 Å². The maximum Gasteiger partial charge on any atom is 0.118 e. The normalized spacial score (nSPS) is 30.9. The van der Waals surface area contributed by atoms with Crippen molar-refractivity contribution in [3.05, 3.63) is 41.5 Å². The first-order valence-corrected chi connectivity index (χ1v) is 10.2. The van der Waals surface area contributed by atoms with E-state index in [2.05, 4.69) is 39.0 Å². The smallest absolute Gasteiger partial charge is 0.118 e. The predicted octanol–water partition coefficient (Wildman–Crippen LogP) is 5.05. The van der Waals surface area contributed by atoms with Crippen LogP contribution >= 0.6 is 0 Å². The molecule has 0 radical (unpaired) electrons. The number of rotatable bonds is 6. The number of hydrogen-bond acceptors (Lipinski definition) is 4. The number of benzene rings is 1. The van der Waals surface area contributed by atoms with Crippen LogP contribution in [-0.4, -0.2) is 37.6 Å². The summed E-state index contributed by atoms with van der Waals surface area (Å²) in [5, 5.41) is 0. The molecule has 2 heterocycles. The third-order valence-electron chi connectivity index (χ3n) is 5.72. The van der Waals surface area contributed by atoms with Crippen LogP contribution in [0, 0.1) is 0 Å². The van der Waals surface area contributed by atoms with Crippen LogP contribution in [0.4, 0.5) is 0 Å². The first-order chi connectivity index (χ1) is 13.0. The summed E-state index contributed by atoms with van der Waals surface area (Å²) in [4.78, 5) is 0. The Morgan fingerprint density at radius 1 is 1.15 bits per heavy atom. The Balaban J connectivity index is 1.72. The van der Waals surface area contributed by atoms with E-state index in [-0.39, 0.29) is 23.9 Å². The summed E-state index contributed by atoms with van der Waals surface area (Å²) in [6.45, 7) is 7.92. The SMILES string of the molecule is COc1ccc(CO[C@@H]2CC[C@H]3OCCC[C@@H]3O[C@]2(C)CC=C(C)C)cc1. The topological polar surface area (TPSA) is 36.9 Å². The van der Waals surface area contributed by atoms with Gasteiger partial charge in [0, 0.05) is 6.61 Å². The predicted molar refractivity (Wildman–Crippen MR) is 107 cm³/mol. The first kappa shape index (κ1) is 20.4. The Morgan fingerprint density at radius 2 is 1.93 bits per heavy atom. The van der Waals surface area contributed by atoms with Crippen molar-refractivity contribution in [2.45, 2.75) is 83.4 Å². The van der Waals surface area contributed by atoms with E-state index in [0.29, 0.717) is 6.61 Å². The highest BCUT2D eigenvalue weighted by Crippen LogP contribution is 2.37. The minimum Gasteiger partial charge on any atom is -0.497 e. The fourth-order valence-electron chi connectivity index (χ4n) is 4.02. The molecular weight excluding hydrogens is 340 g/mol. The number of fused-ring (bicyclic) bond motifs is 1. The zero-order valence-electron chi connectivity index (χ0n) is 17.2. The minimum absolute atomic E-state index is 0.0457. The Kier molecular flexibility index (Phi) is 6.96. The Hall–Kier alpha value is -1.36. The highest BCUT2D eigenvalue weighted by molar-refractivity contribution is 5.26. The number of ether oxygens (including phenoxy) is 4. The zero-order valence-corrected chi connectivity index (χ0v) is 17.2. The third-order valence-corrected chi connectivity index (χ3v) is 5.72. The van der Waals surface area contributed by atoms with E-state index >= 15 is 0 Å². The maximum atomic E-state index is 6.68. The lowest BCUT2D eigenvalue weighted by Crippen LogP contribution is -2.46. The molecule has 0 saturated carbocycles. The van der Waals surface area contributed by atoms with Gasteiger partial charge in [0.25, 0.3) is 0 Å². The van der Waals surface area contributed by atoms with Gasteiger partial charge in [0.2, 0.25) is 0 Å². The van der Waals surface area contributed by atoms with Gasteiger partial charge < -0.3 is 18.9 Å². The van der Waals surface area contributed by atoms with Crippen LogP contribution in [0.5, 0.6) is 5.75 Å². The minimum atomic E-state index is -0.330. The van der Waals surface area contributed by atoms with E-state index in [1.54, 1.807) is 7.11 Å². The van der Waals surface area contributed by atoms with Gasteiger partial charge >= 0.3 is 0 Å². The Labute approximate surface area is 163 Å². The molecule has 4 heteroatoms. The maximum absolute atomic E-state index is 6.68. The molecule has 1 aromatic carbocycles. The van der Waals surface area contributed by atoms with Crippen molar-refractivity contribution in [2.24, 2.45) is 0 Å². The molecule has 2 aliphatic heterocycles. The molecule has 3 rings (SSSR count). The molecule has 0 spiro atoms. The number of allylic oxidation sites excluding steroid dienone is 1. The van der Waals surface area contributed by atoms with Crippen LogP contribution in [0.3, 0.4) is 0 Å². The van der Waals surface area contributed by atoms with Crippen molar-refractivity contribution < 1.29 is 18.9 Å². The second-order valence-corrected chi connectivity index (χ2v) is 8.23. The van der Waals surface area contributed by atoms with Gasteiger partial charge in [-0.25, -0.2) is 0 Å². The second kappa shape index (κ2) is 9.22. The Morgan fingerprint density at radius 3 is 2.63 bits per heavy atom. The van der Waals surface area contributed by atoms with Crippen LogP contribution in [0.2, 0.25) is 0 Å². The number of hydrogen-bond donors (Lipinski definition) is 0. The summed E-state index contributed by atoms with van der Waals surface area (Å²) in [5.74, 6) is 0.867. The van der Waals surface area contributed by atoms with E-state index in [1.165, 1.54) is 5.57 Å². The molecule has 0 amide bonds. The van der Waals surface area contributed by atoms with Crippen molar-refractivity contribution >= 4 is 0 Å². The quantitative estimate of drug-likeness (QED) is 0.653. The lowest BCUT2D eigenvalue weighted by molar-refractivity contribution is -0.187. The van der Waals surface area contributed by atoms with E-state index in [1.807, 2.05) is 12.1 Å². The van der Waals surface area contributed by atoms with Crippen molar-refractivity contribution in [1.29, 1.82) is 0 Å².